The van der Waals surface area contributed by atoms with E-state index in [1.807, 2.05) is 33.0 Å². The van der Waals surface area contributed by atoms with Crippen molar-refractivity contribution >= 4 is 23.2 Å². The molecule has 1 aromatic carbocycles. The fraction of sp³-hybridized carbons (Fsp3) is 0.278. The molecule has 2 aromatic heterocycles. The van der Waals surface area contributed by atoms with Gasteiger partial charge in [-0.25, -0.2) is 0 Å². The molecule has 1 amide bonds. The Labute approximate surface area is 156 Å². The van der Waals surface area contributed by atoms with Crippen LogP contribution in [0.4, 0.5) is 17.3 Å². The number of benzene rings is 1. The lowest BCUT2D eigenvalue weighted by Gasteiger charge is -2.09. The van der Waals surface area contributed by atoms with Crippen molar-refractivity contribution in [3.63, 3.8) is 0 Å². The third-order valence-corrected chi connectivity index (χ3v) is 3.99. The summed E-state index contributed by atoms with van der Waals surface area (Å²) in [6.45, 7) is 5.33. The van der Waals surface area contributed by atoms with Gasteiger partial charge in [-0.15, -0.1) is 0 Å². The third-order valence-electron chi connectivity index (χ3n) is 3.99. The van der Waals surface area contributed by atoms with Crippen LogP contribution in [0.3, 0.4) is 0 Å². The summed E-state index contributed by atoms with van der Waals surface area (Å²) in [4.78, 5) is 24.2. The van der Waals surface area contributed by atoms with Crippen LogP contribution in [0.1, 0.15) is 18.3 Å². The van der Waals surface area contributed by atoms with Gasteiger partial charge in [0.2, 0.25) is 11.9 Å². The average molecular weight is 367 g/mol. The van der Waals surface area contributed by atoms with E-state index < -0.39 is 0 Å². The van der Waals surface area contributed by atoms with Gasteiger partial charge in [0.05, 0.1) is 18.4 Å². The molecule has 27 heavy (non-hydrogen) atoms. The highest BCUT2D eigenvalue weighted by molar-refractivity contribution is 5.88. The number of rotatable bonds is 5. The van der Waals surface area contributed by atoms with Crippen LogP contribution in [0.15, 0.2) is 24.3 Å². The predicted molar refractivity (Wildman–Crippen MR) is 102 cm³/mol. The highest BCUT2D eigenvalue weighted by Gasteiger charge is 2.17. The number of ether oxygens (including phenoxy) is 1. The van der Waals surface area contributed by atoms with Crippen molar-refractivity contribution in [2.45, 2.75) is 20.8 Å². The maximum absolute atomic E-state index is 11.1. The summed E-state index contributed by atoms with van der Waals surface area (Å²) in [7, 11) is 3.38. The van der Waals surface area contributed by atoms with E-state index in [2.05, 4.69) is 30.7 Å². The summed E-state index contributed by atoms with van der Waals surface area (Å²) in [6.07, 6.45) is 0. The van der Waals surface area contributed by atoms with E-state index in [1.165, 1.54) is 14.0 Å². The molecule has 0 aliphatic carbocycles. The quantitative estimate of drug-likeness (QED) is 0.714. The van der Waals surface area contributed by atoms with Gasteiger partial charge in [0.1, 0.15) is 0 Å². The summed E-state index contributed by atoms with van der Waals surface area (Å²) in [5.41, 5.74) is 4.11. The van der Waals surface area contributed by atoms with Gasteiger partial charge >= 0.3 is 6.01 Å². The van der Waals surface area contributed by atoms with Crippen LogP contribution in [0.2, 0.25) is 0 Å². The van der Waals surface area contributed by atoms with Gasteiger partial charge in [-0.05, 0) is 38.1 Å². The van der Waals surface area contributed by atoms with Crippen molar-refractivity contribution in [2.24, 2.45) is 7.05 Å². The van der Waals surface area contributed by atoms with Gasteiger partial charge in [-0.3, -0.25) is 9.48 Å². The average Bonchev–Trinajstić information content (AvgIpc) is 2.88. The lowest BCUT2D eigenvalue weighted by atomic mass is 10.2. The van der Waals surface area contributed by atoms with E-state index in [9.17, 15) is 4.79 Å². The number of carbonyl (C=O) groups excluding carboxylic acids is 1. The summed E-state index contributed by atoms with van der Waals surface area (Å²) in [6, 6.07) is 7.43. The summed E-state index contributed by atoms with van der Waals surface area (Å²) >= 11 is 0. The van der Waals surface area contributed by atoms with Crippen LogP contribution < -0.4 is 15.4 Å². The number of aryl methyl sites for hydroxylation is 2. The molecule has 0 spiro atoms. The Bertz CT molecular complexity index is 980. The molecular formula is C18H21N7O2. The molecular weight excluding hydrogens is 346 g/mol. The Morgan fingerprint density at radius 2 is 1.74 bits per heavy atom. The molecule has 3 aromatic rings. The van der Waals surface area contributed by atoms with Gasteiger partial charge in [0, 0.05) is 31.0 Å². The van der Waals surface area contributed by atoms with Crippen LogP contribution in [0.25, 0.3) is 11.4 Å². The van der Waals surface area contributed by atoms with Gasteiger partial charge in [-0.1, -0.05) is 0 Å². The number of nitrogens with one attached hydrogen (secondary N) is 2. The number of methoxy groups -OCH3 is 1. The number of amides is 1. The van der Waals surface area contributed by atoms with Crippen LogP contribution >= 0.6 is 0 Å². The SMILES string of the molecule is COc1nc(Nc2ccc(NC(C)=O)cc2)nc(-c2c(C)nn(C)c2C)n1. The Balaban J connectivity index is 1.93. The largest absolute Gasteiger partial charge is 0.467 e. The molecule has 0 saturated carbocycles. The van der Waals surface area contributed by atoms with E-state index in [0.717, 1.165) is 22.6 Å². The summed E-state index contributed by atoms with van der Waals surface area (Å²) < 4.78 is 7.01. The van der Waals surface area contributed by atoms with Crippen molar-refractivity contribution in [3.8, 4) is 17.4 Å². The van der Waals surface area contributed by atoms with E-state index in [1.54, 1.807) is 16.8 Å². The monoisotopic (exact) mass is 367 g/mol. The molecule has 0 atom stereocenters. The smallest absolute Gasteiger partial charge is 0.321 e. The summed E-state index contributed by atoms with van der Waals surface area (Å²) in [5.74, 6) is 0.721. The lowest BCUT2D eigenvalue weighted by Crippen LogP contribution is -2.06. The summed E-state index contributed by atoms with van der Waals surface area (Å²) in [5, 5.41) is 10.3. The van der Waals surface area contributed by atoms with E-state index in [0.29, 0.717) is 17.5 Å². The minimum atomic E-state index is -0.121. The molecule has 3 rings (SSSR count). The van der Waals surface area contributed by atoms with Crippen molar-refractivity contribution < 1.29 is 9.53 Å². The van der Waals surface area contributed by atoms with Crippen LogP contribution in [0, 0.1) is 13.8 Å². The van der Waals surface area contributed by atoms with E-state index >= 15 is 0 Å². The first-order chi connectivity index (χ1) is 12.9. The minimum Gasteiger partial charge on any atom is -0.467 e. The molecule has 2 heterocycles. The van der Waals surface area contributed by atoms with Gasteiger partial charge in [-0.2, -0.15) is 20.1 Å². The van der Waals surface area contributed by atoms with Crippen molar-refractivity contribution in [1.82, 2.24) is 24.7 Å². The van der Waals surface area contributed by atoms with Gasteiger partial charge in [0.25, 0.3) is 0 Å². The number of aromatic nitrogens is 5. The second-order valence-corrected chi connectivity index (χ2v) is 6.02. The zero-order valence-corrected chi connectivity index (χ0v) is 15.9. The number of anilines is 3. The standard InChI is InChI=1S/C18H21N7O2/c1-10-15(11(2)25(4)24-10)16-21-17(23-18(22-16)27-5)20-14-8-6-13(7-9-14)19-12(3)26/h6-9H,1-5H3,(H,19,26)(H,20,21,22,23). The minimum absolute atomic E-state index is 0.121. The maximum atomic E-state index is 11.1. The first-order valence-corrected chi connectivity index (χ1v) is 8.32. The Kier molecular flexibility index (Phi) is 5.02. The normalized spacial score (nSPS) is 10.6. The molecule has 0 aliphatic rings. The van der Waals surface area contributed by atoms with Gasteiger partial charge < -0.3 is 15.4 Å². The van der Waals surface area contributed by atoms with Crippen molar-refractivity contribution in [2.75, 3.05) is 17.7 Å². The molecule has 0 fully saturated rings. The van der Waals surface area contributed by atoms with Crippen LogP contribution in [0.5, 0.6) is 6.01 Å². The third kappa shape index (κ3) is 4.02. The highest BCUT2D eigenvalue weighted by atomic mass is 16.5. The second-order valence-electron chi connectivity index (χ2n) is 6.02. The fourth-order valence-corrected chi connectivity index (χ4v) is 2.68. The first kappa shape index (κ1) is 18.3. The molecule has 0 unspecified atom stereocenters. The zero-order valence-electron chi connectivity index (χ0n) is 15.9. The van der Waals surface area contributed by atoms with Crippen LogP contribution in [-0.2, 0) is 11.8 Å². The molecule has 0 saturated heterocycles. The number of hydrogen-bond acceptors (Lipinski definition) is 7. The Hall–Kier alpha value is -3.49. The molecule has 0 radical (unpaired) electrons. The second kappa shape index (κ2) is 7.40. The van der Waals surface area contributed by atoms with Crippen molar-refractivity contribution in [1.29, 1.82) is 0 Å². The molecule has 0 bridgehead atoms. The highest BCUT2D eigenvalue weighted by Crippen LogP contribution is 2.26. The number of carbonyl (C=O) groups is 1. The predicted octanol–water partition coefficient (Wildman–Crippen LogP) is 2.60. The molecule has 9 heteroatoms. The molecule has 9 nitrogen and oxygen atoms in total. The fourth-order valence-electron chi connectivity index (χ4n) is 2.68. The Morgan fingerprint density at radius 1 is 1.07 bits per heavy atom. The zero-order chi connectivity index (χ0) is 19.6. The topological polar surface area (TPSA) is 107 Å². The van der Waals surface area contributed by atoms with E-state index in [-0.39, 0.29) is 11.9 Å². The van der Waals surface area contributed by atoms with Crippen molar-refractivity contribution in [3.05, 3.63) is 35.7 Å². The Morgan fingerprint density at radius 3 is 2.30 bits per heavy atom. The molecule has 140 valence electrons. The molecule has 0 aliphatic heterocycles. The van der Waals surface area contributed by atoms with E-state index in [4.69, 9.17) is 4.74 Å². The first-order valence-electron chi connectivity index (χ1n) is 8.32. The van der Waals surface area contributed by atoms with Gasteiger partial charge in [0.15, 0.2) is 5.82 Å². The molecule has 2 N–H and O–H groups in total. The lowest BCUT2D eigenvalue weighted by molar-refractivity contribution is -0.114. The maximum Gasteiger partial charge on any atom is 0.321 e. The van der Waals surface area contributed by atoms with Crippen LogP contribution in [-0.4, -0.2) is 37.7 Å². The number of hydrogen-bond donors (Lipinski definition) is 2. The number of nitrogens with zero attached hydrogens (tertiary/aromatic N) is 5.